The molecular weight excluding hydrogens is 339 g/mol. The molecule has 0 aliphatic carbocycles. The molecule has 0 saturated carbocycles. The topological polar surface area (TPSA) is 64.7 Å². The average molecular weight is 369 g/mol. The third kappa shape index (κ3) is 7.70. The highest BCUT2D eigenvalue weighted by atomic mass is 35.5. The normalized spacial score (nSPS) is 21.5. The summed E-state index contributed by atoms with van der Waals surface area (Å²) in [7, 11) is 0. The molecule has 0 bridgehead atoms. The van der Waals surface area contributed by atoms with Crippen molar-refractivity contribution in [2.45, 2.75) is 45.2 Å². The van der Waals surface area contributed by atoms with Crippen molar-refractivity contribution in [2.75, 3.05) is 39.3 Å². The van der Waals surface area contributed by atoms with Gasteiger partial charge in [0.1, 0.15) is 0 Å². The van der Waals surface area contributed by atoms with Gasteiger partial charge in [0.05, 0.1) is 6.54 Å². The first-order valence-corrected chi connectivity index (χ1v) is 8.07. The number of carbonyl (C=O) groups excluding carboxylic acids is 2. The van der Waals surface area contributed by atoms with Gasteiger partial charge in [-0.05, 0) is 33.2 Å². The van der Waals surface area contributed by atoms with Crippen LogP contribution in [0.15, 0.2) is 0 Å². The van der Waals surface area contributed by atoms with Crippen LogP contribution in [0.4, 0.5) is 0 Å². The number of piperazine rings is 1. The fourth-order valence-electron chi connectivity index (χ4n) is 3.00. The number of halogens is 2. The van der Waals surface area contributed by atoms with Gasteiger partial charge in [-0.3, -0.25) is 14.5 Å². The largest absolute Gasteiger partial charge is 0.353 e. The third-order valence-corrected chi connectivity index (χ3v) is 4.13. The monoisotopic (exact) mass is 368 g/mol. The molecule has 23 heavy (non-hydrogen) atoms. The summed E-state index contributed by atoms with van der Waals surface area (Å²) in [6.07, 6.45) is 2.91. The smallest absolute Gasteiger partial charge is 0.234 e. The molecule has 1 atom stereocenters. The van der Waals surface area contributed by atoms with Crippen molar-refractivity contribution in [3.8, 4) is 0 Å². The third-order valence-electron chi connectivity index (χ3n) is 4.13. The van der Waals surface area contributed by atoms with Crippen LogP contribution in [0.5, 0.6) is 0 Å². The van der Waals surface area contributed by atoms with E-state index in [-0.39, 0.29) is 42.7 Å². The van der Waals surface area contributed by atoms with Crippen LogP contribution in [-0.4, -0.2) is 73.0 Å². The molecule has 1 unspecified atom stereocenters. The molecular formula is C15H30Cl2N4O2. The minimum atomic E-state index is 0. The summed E-state index contributed by atoms with van der Waals surface area (Å²) >= 11 is 0. The molecule has 2 saturated heterocycles. The lowest BCUT2D eigenvalue weighted by Crippen LogP contribution is -2.52. The molecule has 2 rings (SSSR count). The van der Waals surface area contributed by atoms with Crippen molar-refractivity contribution < 1.29 is 9.59 Å². The van der Waals surface area contributed by atoms with Crippen molar-refractivity contribution in [3.05, 3.63) is 0 Å². The minimum absolute atomic E-state index is 0. The molecule has 2 heterocycles. The maximum absolute atomic E-state index is 12.2. The molecule has 2 aliphatic rings. The minimum Gasteiger partial charge on any atom is -0.353 e. The van der Waals surface area contributed by atoms with Crippen LogP contribution in [0, 0.1) is 0 Å². The molecule has 0 aromatic heterocycles. The van der Waals surface area contributed by atoms with Gasteiger partial charge < -0.3 is 15.5 Å². The lowest BCUT2D eigenvalue weighted by atomic mass is 10.1. The molecule has 0 aromatic carbocycles. The van der Waals surface area contributed by atoms with Crippen LogP contribution >= 0.6 is 24.8 Å². The Balaban J connectivity index is 0.00000242. The molecule has 0 radical (unpaired) electrons. The predicted octanol–water partition coefficient (Wildman–Crippen LogP) is 0.641. The van der Waals surface area contributed by atoms with E-state index in [4.69, 9.17) is 0 Å². The molecule has 2 aliphatic heterocycles. The van der Waals surface area contributed by atoms with Crippen molar-refractivity contribution in [2.24, 2.45) is 0 Å². The first kappa shape index (κ1) is 22.4. The highest BCUT2D eigenvalue weighted by molar-refractivity contribution is 5.85. The standard InChI is InChI=1S/C15H28N4O2.2ClH/c1-12(2)17-14(20)11-18-6-8-19(9-7-18)15(21)10-13-4-3-5-16-13;;/h12-13,16H,3-11H2,1-2H3,(H,17,20);2*1H. The lowest BCUT2D eigenvalue weighted by molar-refractivity contribution is -0.133. The average Bonchev–Trinajstić information content (AvgIpc) is 2.91. The summed E-state index contributed by atoms with van der Waals surface area (Å²) in [5.41, 5.74) is 0. The van der Waals surface area contributed by atoms with Crippen LogP contribution in [0.3, 0.4) is 0 Å². The van der Waals surface area contributed by atoms with E-state index in [9.17, 15) is 9.59 Å². The van der Waals surface area contributed by atoms with Crippen molar-refractivity contribution in [3.63, 3.8) is 0 Å². The molecule has 136 valence electrons. The van der Waals surface area contributed by atoms with E-state index in [2.05, 4.69) is 15.5 Å². The number of hydrogen-bond donors (Lipinski definition) is 2. The van der Waals surface area contributed by atoms with Gasteiger partial charge in [-0.15, -0.1) is 24.8 Å². The second-order valence-electron chi connectivity index (χ2n) is 6.38. The van der Waals surface area contributed by atoms with Gasteiger partial charge in [-0.1, -0.05) is 0 Å². The summed E-state index contributed by atoms with van der Waals surface area (Å²) in [5, 5.41) is 6.27. The molecule has 6 nitrogen and oxygen atoms in total. The Morgan fingerprint density at radius 3 is 2.35 bits per heavy atom. The Morgan fingerprint density at radius 2 is 1.83 bits per heavy atom. The summed E-state index contributed by atoms with van der Waals surface area (Å²) in [5.74, 6) is 0.320. The fraction of sp³-hybridized carbons (Fsp3) is 0.867. The zero-order chi connectivity index (χ0) is 15.2. The molecule has 2 amide bonds. The van der Waals surface area contributed by atoms with Crippen molar-refractivity contribution in [1.82, 2.24) is 20.4 Å². The van der Waals surface area contributed by atoms with E-state index < -0.39 is 0 Å². The zero-order valence-corrected chi connectivity index (χ0v) is 15.7. The molecule has 2 N–H and O–H groups in total. The van der Waals surface area contributed by atoms with Gasteiger partial charge in [-0.25, -0.2) is 0 Å². The second kappa shape index (κ2) is 11.1. The first-order valence-electron chi connectivity index (χ1n) is 8.07. The Kier molecular flexibility index (Phi) is 10.8. The maximum Gasteiger partial charge on any atom is 0.234 e. The second-order valence-corrected chi connectivity index (χ2v) is 6.38. The first-order chi connectivity index (χ1) is 10.0. The number of nitrogens with zero attached hydrogens (tertiary/aromatic N) is 2. The Morgan fingerprint density at radius 1 is 1.17 bits per heavy atom. The van der Waals surface area contributed by atoms with Crippen LogP contribution in [0.2, 0.25) is 0 Å². The highest BCUT2D eigenvalue weighted by Crippen LogP contribution is 2.12. The van der Waals surface area contributed by atoms with E-state index in [1.807, 2.05) is 18.7 Å². The van der Waals surface area contributed by atoms with E-state index in [1.165, 1.54) is 6.42 Å². The van der Waals surface area contributed by atoms with Crippen LogP contribution in [0.25, 0.3) is 0 Å². The number of amides is 2. The predicted molar refractivity (Wildman–Crippen MR) is 96.4 cm³/mol. The van der Waals surface area contributed by atoms with E-state index >= 15 is 0 Å². The maximum atomic E-state index is 12.2. The summed E-state index contributed by atoms with van der Waals surface area (Å²) < 4.78 is 0. The molecule has 8 heteroatoms. The Bertz CT molecular complexity index is 368. The lowest BCUT2D eigenvalue weighted by Gasteiger charge is -2.35. The Hall–Kier alpha value is -0.560. The van der Waals surface area contributed by atoms with Gasteiger partial charge in [0, 0.05) is 44.7 Å². The van der Waals surface area contributed by atoms with Crippen LogP contribution < -0.4 is 10.6 Å². The summed E-state index contributed by atoms with van der Waals surface area (Å²) in [6, 6.07) is 0.548. The number of carbonyl (C=O) groups is 2. The summed E-state index contributed by atoms with van der Waals surface area (Å²) in [6.45, 7) is 8.45. The van der Waals surface area contributed by atoms with Gasteiger partial charge >= 0.3 is 0 Å². The van der Waals surface area contributed by atoms with Crippen molar-refractivity contribution >= 4 is 36.6 Å². The summed E-state index contributed by atoms with van der Waals surface area (Å²) in [4.78, 5) is 28.0. The van der Waals surface area contributed by atoms with E-state index in [0.717, 1.165) is 39.1 Å². The zero-order valence-electron chi connectivity index (χ0n) is 14.0. The van der Waals surface area contributed by atoms with Crippen LogP contribution in [-0.2, 0) is 9.59 Å². The van der Waals surface area contributed by atoms with Gasteiger partial charge in [0.2, 0.25) is 11.8 Å². The fourth-order valence-corrected chi connectivity index (χ4v) is 3.00. The highest BCUT2D eigenvalue weighted by Gasteiger charge is 2.25. The van der Waals surface area contributed by atoms with Gasteiger partial charge in [0.15, 0.2) is 0 Å². The number of hydrogen-bond acceptors (Lipinski definition) is 4. The molecule has 0 spiro atoms. The number of nitrogens with one attached hydrogen (secondary N) is 2. The van der Waals surface area contributed by atoms with E-state index in [0.29, 0.717) is 19.0 Å². The molecule has 2 fully saturated rings. The van der Waals surface area contributed by atoms with E-state index in [1.54, 1.807) is 0 Å². The van der Waals surface area contributed by atoms with Gasteiger partial charge in [0.25, 0.3) is 0 Å². The van der Waals surface area contributed by atoms with Crippen LogP contribution in [0.1, 0.15) is 33.1 Å². The van der Waals surface area contributed by atoms with Gasteiger partial charge in [-0.2, -0.15) is 0 Å². The Labute approximate surface area is 151 Å². The quantitative estimate of drug-likeness (QED) is 0.747. The van der Waals surface area contributed by atoms with Crippen molar-refractivity contribution in [1.29, 1.82) is 0 Å². The molecule has 0 aromatic rings. The number of rotatable bonds is 5. The SMILES string of the molecule is CC(C)NC(=O)CN1CCN(C(=O)CC2CCCN2)CC1.Cl.Cl.